The minimum atomic E-state index is -2.60. The second-order valence-corrected chi connectivity index (χ2v) is 8.43. The number of nitrogens with zero attached hydrogens (tertiary/aromatic N) is 4. The number of likely N-dealkylation sites (tertiary alicyclic amines) is 1. The van der Waals surface area contributed by atoms with E-state index >= 15 is 0 Å². The highest BCUT2D eigenvalue weighted by atomic mass is 19.3. The van der Waals surface area contributed by atoms with Crippen molar-refractivity contribution in [1.82, 2.24) is 14.9 Å². The number of piperidine rings is 1. The van der Waals surface area contributed by atoms with Gasteiger partial charge in [-0.15, -0.1) is 0 Å². The SMILES string of the molecule is C[C@H]1C[C@@H](CC(=O)CN2CC(O)C2)CN(c2ccc(C(F)F)c3nccnc23)C1. The molecular formula is C21H26F2N4O2. The van der Waals surface area contributed by atoms with Gasteiger partial charge in [-0.2, -0.15) is 0 Å². The van der Waals surface area contributed by atoms with Crippen molar-refractivity contribution in [3.8, 4) is 0 Å². The lowest BCUT2D eigenvalue weighted by Gasteiger charge is -2.39. The van der Waals surface area contributed by atoms with Crippen LogP contribution < -0.4 is 4.90 Å². The van der Waals surface area contributed by atoms with E-state index < -0.39 is 6.43 Å². The summed E-state index contributed by atoms with van der Waals surface area (Å²) in [5, 5.41) is 9.37. The van der Waals surface area contributed by atoms with E-state index in [9.17, 15) is 18.7 Å². The summed E-state index contributed by atoms with van der Waals surface area (Å²) >= 11 is 0. The number of aliphatic hydroxyl groups excluding tert-OH is 1. The number of hydrogen-bond donors (Lipinski definition) is 1. The average Bonchev–Trinajstić information content (AvgIpc) is 2.65. The molecule has 6 nitrogen and oxygen atoms in total. The van der Waals surface area contributed by atoms with E-state index in [1.54, 1.807) is 6.07 Å². The molecule has 2 aliphatic rings. The Balaban J connectivity index is 1.51. The Morgan fingerprint density at radius 1 is 1.17 bits per heavy atom. The second-order valence-electron chi connectivity index (χ2n) is 8.43. The van der Waals surface area contributed by atoms with Crippen LogP contribution in [0.2, 0.25) is 0 Å². The first-order chi connectivity index (χ1) is 13.9. The molecule has 2 fully saturated rings. The average molecular weight is 404 g/mol. The number of halogens is 2. The van der Waals surface area contributed by atoms with Crippen molar-refractivity contribution in [3.63, 3.8) is 0 Å². The van der Waals surface area contributed by atoms with E-state index in [2.05, 4.69) is 21.8 Å². The largest absolute Gasteiger partial charge is 0.390 e. The third-order valence-corrected chi connectivity index (χ3v) is 5.81. The Kier molecular flexibility index (Phi) is 5.74. The highest BCUT2D eigenvalue weighted by molar-refractivity contribution is 5.90. The number of alkyl halides is 2. The summed E-state index contributed by atoms with van der Waals surface area (Å²) in [7, 11) is 0. The standard InChI is InChI=1S/C21H26F2N4O2/c1-13-6-14(7-15(28)10-26-11-16(29)12-26)9-27(8-13)18-3-2-17(21(22)23)19-20(18)25-5-4-24-19/h2-5,13-14,16,21,29H,6-12H2,1H3/t13-,14-/m0/s1. The fraction of sp³-hybridized carbons (Fsp3) is 0.571. The van der Waals surface area contributed by atoms with Crippen LogP contribution in [0.4, 0.5) is 14.5 Å². The van der Waals surface area contributed by atoms with Crippen LogP contribution in [-0.2, 0) is 4.79 Å². The molecule has 0 amide bonds. The number of aliphatic hydroxyl groups is 1. The van der Waals surface area contributed by atoms with Crippen molar-refractivity contribution in [1.29, 1.82) is 0 Å². The molecule has 0 aliphatic carbocycles. The summed E-state index contributed by atoms with van der Waals surface area (Å²) in [5.74, 6) is 0.779. The third-order valence-electron chi connectivity index (χ3n) is 5.81. The number of benzene rings is 1. The van der Waals surface area contributed by atoms with Gasteiger partial charge in [-0.25, -0.2) is 8.78 Å². The Hall–Kier alpha value is -2.19. The van der Waals surface area contributed by atoms with Gasteiger partial charge in [0.1, 0.15) is 11.3 Å². The van der Waals surface area contributed by atoms with Crippen molar-refractivity contribution < 1.29 is 18.7 Å². The van der Waals surface area contributed by atoms with Crippen molar-refractivity contribution in [2.24, 2.45) is 11.8 Å². The van der Waals surface area contributed by atoms with Crippen LogP contribution in [0, 0.1) is 11.8 Å². The lowest BCUT2D eigenvalue weighted by molar-refractivity contribution is -0.123. The van der Waals surface area contributed by atoms with Crippen LogP contribution in [-0.4, -0.2) is 64.6 Å². The number of carbonyl (C=O) groups excluding carboxylic acids is 1. The predicted molar refractivity (Wildman–Crippen MR) is 106 cm³/mol. The number of anilines is 1. The zero-order valence-electron chi connectivity index (χ0n) is 16.5. The number of β-amino-alcohol motifs (C(OH)–C–C–N with tert-alkyl or cyclic N) is 1. The molecule has 0 bridgehead atoms. The summed E-state index contributed by atoms with van der Waals surface area (Å²) < 4.78 is 26.7. The number of aromatic nitrogens is 2. The first-order valence-electron chi connectivity index (χ1n) is 10.1. The summed E-state index contributed by atoms with van der Waals surface area (Å²) in [6.07, 6.45) is 1.50. The number of fused-ring (bicyclic) bond motifs is 1. The van der Waals surface area contributed by atoms with Gasteiger partial charge in [0.25, 0.3) is 6.43 Å². The zero-order chi connectivity index (χ0) is 20.5. The maximum absolute atomic E-state index is 13.4. The Bertz CT molecular complexity index is 888. The Morgan fingerprint density at radius 2 is 1.90 bits per heavy atom. The van der Waals surface area contributed by atoms with Crippen molar-refractivity contribution in [2.45, 2.75) is 32.3 Å². The summed E-state index contributed by atoms with van der Waals surface area (Å²) in [4.78, 5) is 25.1. The molecular weight excluding hydrogens is 378 g/mol. The van der Waals surface area contributed by atoms with Crippen molar-refractivity contribution in [3.05, 3.63) is 30.1 Å². The number of Topliss-reactive ketones (excluding diaryl/α,β-unsaturated/α-hetero) is 1. The highest BCUT2D eigenvalue weighted by Crippen LogP contribution is 2.35. The molecule has 1 aromatic heterocycles. The van der Waals surface area contributed by atoms with Gasteiger partial charge in [0.15, 0.2) is 0 Å². The zero-order valence-corrected chi connectivity index (χ0v) is 16.5. The molecule has 4 rings (SSSR count). The smallest absolute Gasteiger partial charge is 0.266 e. The van der Waals surface area contributed by atoms with E-state index in [1.165, 1.54) is 18.5 Å². The molecule has 156 valence electrons. The molecule has 2 aromatic rings. The topological polar surface area (TPSA) is 69.6 Å². The quantitative estimate of drug-likeness (QED) is 0.798. The van der Waals surface area contributed by atoms with E-state index in [-0.39, 0.29) is 28.9 Å². The summed E-state index contributed by atoms with van der Waals surface area (Å²) in [6.45, 7) is 5.16. The molecule has 2 saturated heterocycles. The predicted octanol–water partition coefficient (Wildman–Crippen LogP) is 2.67. The van der Waals surface area contributed by atoms with E-state index in [4.69, 9.17) is 0 Å². The molecule has 3 heterocycles. The molecule has 8 heteroatoms. The highest BCUT2D eigenvalue weighted by Gasteiger charge is 2.31. The van der Waals surface area contributed by atoms with Crippen LogP contribution in [0.25, 0.3) is 11.0 Å². The number of ketones is 1. The monoisotopic (exact) mass is 404 g/mol. The maximum atomic E-state index is 13.4. The molecule has 29 heavy (non-hydrogen) atoms. The minimum Gasteiger partial charge on any atom is -0.390 e. The van der Waals surface area contributed by atoms with Gasteiger partial charge in [0.2, 0.25) is 0 Å². The molecule has 2 atom stereocenters. The number of carbonyl (C=O) groups is 1. The van der Waals surface area contributed by atoms with E-state index in [1.807, 2.05) is 4.90 Å². The molecule has 0 spiro atoms. The maximum Gasteiger partial charge on any atom is 0.266 e. The first-order valence-corrected chi connectivity index (χ1v) is 10.1. The molecule has 2 aliphatic heterocycles. The van der Waals surface area contributed by atoms with Crippen LogP contribution in [0.1, 0.15) is 31.8 Å². The molecule has 0 radical (unpaired) electrons. The van der Waals surface area contributed by atoms with Crippen molar-refractivity contribution in [2.75, 3.05) is 37.6 Å². The first kappa shape index (κ1) is 20.1. The Morgan fingerprint density at radius 3 is 2.59 bits per heavy atom. The molecule has 1 N–H and O–H groups in total. The molecule has 1 aromatic carbocycles. The third kappa shape index (κ3) is 4.38. The normalized spacial score (nSPS) is 23.6. The molecule has 0 saturated carbocycles. The van der Waals surface area contributed by atoms with E-state index in [0.29, 0.717) is 44.0 Å². The summed E-state index contributed by atoms with van der Waals surface area (Å²) in [5.41, 5.74) is 1.42. The Labute approximate surface area is 168 Å². The van der Waals surface area contributed by atoms with Gasteiger partial charge in [-0.1, -0.05) is 6.92 Å². The number of rotatable bonds is 6. The van der Waals surface area contributed by atoms with Crippen molar-refractivity contribution >= 4 is 22.5 Å². The van der Waals surface area contributed by atoms with Gasteiger partial charge >= 0.3 is 0 Å². The van der Waals surface area contributed by atoms with Gasteiger partial charge in [0.05, 0.1) is 23.9 Å². The van der Waals surface area contributed by atoms with Gasteiger partial charge in [0, 0.05) is 50.6 Å². The summed E-state index contributed by atoms with van der Waals surface area (Å²) in [6, 6.07) is 3.14. The van der Waals surface area contributed by atoms with Gasteiger partial charge in [-0.3, -0.25) is 19.7 Å². The van der Waals surface area contributed by atoms with Crippen LogP contribution in [0.5, 0.6) is 0 Å². The molecule has 0 unspecified atom stereocenters. The second kappa shape index (κ2) is 8.28. The van der Waals surface area contributed by atoms with E-state index in [0.717, 1.165) is 18.7 Å². The van der Waals surface area contributed by atoms with Gasteiger partial charge in [-0.05, 0) is 30.4 Å². The minimum absolute atomic E-state index is 0.106. The lowest BCUT2D eigenvalue weighted by Crippen LogP contribution is -2.52. The fourth-order valence-corrected chi connectivity index (χ4v) is 4.63. The van der Waals surface area contributed by atoms with Crippen LogP contribution >= 0.6 is 0 Å². The fourth-order valence-electron chi connectivity index (χ4n) is 4.63. The van der Waals surface area contributed by atoms with Crippen LogP contribution in [0.3, 0.4) is 0 Å². The number of hydrogen-bond acceptors (Lipinski definition) is 6. The van der Waals surface area contributed by atoms with Crippen LogP contribution in [0.15, 0.2) is 24.5 Å². The lowest BCUT2D eigenvalue weighted by atomic mass is 9.86. The van der Waals surface area contributed by atoms with Gasteiger partial charge < -0.3 is 10.0 Å².